The van der Waals surface area contributed by atoms with Crippen LogP contribution in [0.1, 0.15) is 144 Å². The number of halogens is 4. The van der Waals surface area contributed by atoms with Gasteiger partial charge in [-0.2, -0.15) is 26.2 Å². The van der Waals surface area contributed by atoms with Gasteiger partial charge in [0, 0.05) is 29.4 Å². The summed E-state index contributed by atoms with van der Waals surface area (Å²) >= 11 is -0.729. The van der Waals surface area contributed by atoms with Crippen molar-refractivity contribution in [1.82, 2.24) is 0 Å². The number of carbonyl (C=O) groups is 5. The molecule has 454 valence electrons. The summed E-state index contributed by atoms with van der Waals surface area (Å²) in [5.74, 6) is 7.79. The highest BCUT2D eigenvalue weighted by Gasteiger charge is 2.76. The van der Waals surface area contributed by atoms with Crippen LogP contribution >= 0.6 is 24.1 Å². The molecule has 0 radical (unpaired) electrons. The molecule has 2 unspecified atom stereocenters. The minimum Gasteiger partial charge on any atom is -0.691 e. The molecule has 4 aromatic rings. The number of Topliss-reactive ketones (excluding diaryl/α,β-unsaturated/α-hetero) is 2. The molecule has 0 N–H and O–H groups in total. The van der Waals surface area contributed by atoms with E-state index in [2.05, 4.69) is 55.1 Å². The second kappa shape index (κ2) is 28.7. The predicted octanol–water partition coefficient (Wildman–Crippen LogP) is 11.8. The molecular weight excluding hydrogens is 1160 g/mol. The van der Waals surface area contributed by atoms with E-state index in [9.17, 15) is 52.0 Å². The van der Waals surface area contributed by atoms with Gasteiger partial charge in [-0.15, -0.1) is 0 Å². The second-order valence-electron chi connectivity index (χ2n) is 23.8. The number of ketones is 2. The van der Waals surface area contributed by atoms with Gasteiger partial charge >= 0.3 is 28.4 Å². The quantitative estimate of drug-likeness (QED) is 0.00828. The van der Waals surface area contributed by atoms with Crippen molar-refractivity contribution in [2.24, 2.45) is 34.0 Å². The zero-order valence-electron chi connectivity index (χ0n) is 47.1. The van der Waals surface area contributed by atoms with Gasteiger partial charge in [0.2, 0.25) is 17.2 Å². The van der Waals surface area contributed by atoms with Crippen LogP contribution in [-0.4, -0.2) is 93.3 Å². The molecule has 2 atom stereocenters. The maximum atomic E-state index is 13.2. The fourth-order valence-corrected chi connectivity index (χ4v) is 18.6. The van der Waals surface area contributed by atoms with Crippen molar-refractivity contribution in [2.75, 3.05) is 47.7 Å². The van der Waals surface area contributed by atoms with Crippen LogP contribution < -0.4 is 10.5 Å². The van der Waals surface area contributed by atoms with Crippen LogP contribution in [0.2, 0.25) is 0 Å². The molecule has 14 nitrogen and oxygen atoms in total. The van der Waals surface area contributed by atoms with E-state index in [1.807, 2.05) is 48.5 Å². The number of fused-ring (bicyclic) bond motifs is 4. The molecule has 5 aliphatic carbocycles. The van der Waals surface area contributed by atoms with E-state index in [0.717, 1.165) is 52.7 Å². The Balaban J connectivity index is 0.000000146. The highest BCUT2D eigenvalue weighted by Crippen LogP contribution is 2.66. The fourth-order valence-electron chi connectivity index (χ4n) is 13.4. The number of hydrogen-bond acceptors (Lipinski definition) is 16. The van der Waals surface area contributed by atoms with Crippen LogP contribution in [0.15, 0.2) is 84.9 Å². The zero-order valence-corrected chi connectivity index (χ0v) is 50.4. The van der Waals surface area contributed by atoms with Crippen LogP contribution in [0.3, 0.4) is 0 Å². The molecule has 8 aliphatic rings. The molecule has 0 aromatic heterocycles. The van der Waals surface area contributed by atoms with E-state index >= 15 is 0 Å². The van der Waals surface area contributed by atoms with Gasteiger partial charge in [-0.3, -0.25) is 29.3 Å². The van der Waals surface area contributed by atoms with Gasteiger partial charge in [0.25, 0.3) is 0 Å². The first-order valence-electron chi connectivity index (χ1n) is 28.5. The van der Waals surface area contributed by atoms with E-state index < -0.39 is 63.8 Å². The zero-order chi connectivity index (χ0) is 59.5. The van der Waals surface area contributed by atoms with Crippen molar-refractivity contribution < 1.29 is 85.0 Å². The Morgan fingerprint density at radius 1 is 0.602 bits per heavy atom. The number of ether oxygens (including phenoxy) is 3. The molecule has 3 heterocycles. The van der Waals surface area contributed by atoms with Gasteiger partial charge in [0.15, 0.2) is 11.5 Å². The lowest BCUT2D eigenvalue weighted by atomic mass is 9.49. The highest BCUT2D eigenvalue weighted by atomic mass is 32.2. The first-order valence-corrected chi connectivity index (χ1v) is 33.5. The molecule has 12 rings (SSSR count). The van der Waals surface area contributed by atoms with Crippen molar-refractivity contribution in [3.63, 3.8) is 0 Å². The van der Waals surface area contributed by atoms with Crippen molar-refractivity contribution in [2.45, 2.75) is 140 Å². The van der Waals surface area contributed by atoms with Crippen LogP contribution in [0, 0.1) is 34.0 Å². The van der Waals surface area contributed by atoms with Gasteiger partial charge < -0.3 is 24.7 Å². The third kappa shape index (κ3) is 16.2. The van der Waals surface area contributed by atoms with Gasteiger partial charge in [0.1, 0.15) is 47.1 Å². The summed E-state index contributed by atoms with van der Waals surface area (Å²) in [4.78, 5) is 61.5. The van der Waals surface area contributed by atoms with Gasteiger partial charge in [-0.05, 0) is 170 Å². The molecule has 8 fully saturated rings. The summed E-state index contributed by atoms with van der Waals surface area (Å²) in [6.07, 6.45) is 11.2. The maximum Gasteiger partial charge on any atom is 0.351 e. The van der Waals surface area contributed by atoms with Crippen LogP contribution in [-0.2, 0) is 69.1 Å². The molecule has 6 bridgehead atoms. The summed E-state index contributed by atoms with van der Waals surface area (Å²) in [6.45, 7) is 5.01. The molecule has 5 saturated carbocycles. The van der Waals surface area contributed by atoms with Gasteiger partial charge in [0.05, 0.1) is 24.0 Å². The van der Waals surface area contributed by atoms with Gasteiger partial charge in [-0.1, -0.05) is 86.6 Å². The monoisotopic (exact) mass is 1230 g/mol. The average Bonchev–Trinajstić information content (AvgIpc) is 1.63. The van der Waals surface area contributed by atoms with Crippen molar-refractivity contribution in [3.05, 3.63) is 96.1 Å². The van der Waals surface area contributed by atoms with Crippen LogP contribution in [0.25, 0.3) is 21.5 Å². The first kappa shape index (κ1) is 65.0. The van der Waals surface area contributed by atoms with Crippen molar-refractivity contribution in [3.8, 4) is 0 Å². The normalized spacial score (nSPS) is 25.9. The van der Waals surface area contributed by atoms with E-state index in [4.69, 9.17) is 14.2 Å². The lowest BCUT2D eigenvalue weighted by molar-refractivity contribution is -0.777. The number of hydrogen-bond donors (Lipinski definition) is 0. The number of esters is 3. The van der Waals surface area contributed by atoms with Crippen molar-refractivity contribution in [1.29, 1.82) is 0 Å². The summed E-state index contributed by atoms with van der Waals surface area (Å²) in [6, 6.07) is 28.6. The van der Waals surface area contributed by atoms with Crippen LogP contribution in [0.5, 0.6) is 0 Å². The highest BCUT2D eigenvalue weighted by molar-refractivity contribution is 7.98. The molecule has 4 aromatic carbocycles. The molecule has 83 heavy (non-hydrogen) atoms. The Labute approximate surface area is 496 Å². The lowest BCUT2D eigenvalue weighted by Gasteiger charge is -2.55. The van der Waals surface area contributed by atoms with Gasteiger partial charge in [-0.25, -0.2) is 4.79 Å². The minimum absolute atomic E-state index is 0.0142. The largest absolute Gasteiger partial charge is 0.691 e. The number of alkyl halides is 4. The molecule has 0 amide bonds. The van der Waals surface area contributed by atoms with E-state index in [-0.39, 0.29) is 49.5 Å². The average molecular weight is 1240 g/mol. The molecule has 0 spiro atoms. The predicted molar refractivity (Wildman–Crippen MR) is 309 cm³/mol. The topological polar surface area (TPSA) is 196 Å². The van der Waals surface area contributed by atoms with Crippen LogP contribution in [0.4, 0.5) is 17.6 Å². The summed E-state index contributed by atoms with van der Waals surface area (Å²) in [5.41, 5.74) is -1.46. The lowest BCUT2D eigenvalue weighted by Crippen LogP contribution is -2.50. The molecular formula is C61H74F4O14S4. The Morgan fingerprint density at radius 3 is 1.40 bits per heavy atom. The minimum atomic E-state index is -3.35. The number of benzene rings is 4. The summed E-state index contributed by atoms with van der Waals surface area (Å²) in [5, 5.41) is 23.0. The standard InChI is InChI=1S/2C16H17OS.C15H22F2O5S.C14H20F2O7S/c2*17-16(12-18-9-3-4-10-18)15-8-7-13-5-1-2-6-14(13)11-15;16-15(17,23-22-21-19)2-1-3-20-13(18)14-7-10-4-11(8-14)6-12(5-10)9-14;1-11(2)12(3)6-7-13(11,21-9(12)17)10(18)20-8-4-5-14(15,16)24-23-22-19/h2*1-2,5-8,11H,3-4,9-10,12H2;10-12,19H,1-9H2;19H,4-8H2,1-3H3/q2*+1;;/p-2. The smallest absolute Gasteiger partial charge is 0.351 e. The maximum absolute atomic E-state index is 13.2. The van der Waals surface area contributed by atoms with Crippen molar-refractivity contribution >= 4 is 96.9 Å². The second-order valence-corrected chi connectivity index (χ2v) is 30.2. The Morgan fingerprint density at radius 2 is 1.01 bits per heavy atom. The third-order valence-corrected chi connectivity index (χ3v) is 23.9. The molecule has 3 saturated heterocycles. The first-order chi connectivity index (χ1) is 39.6. The summed E-state index contributed by atoms with van der Waals surface area (Å²) in [7, 11) is 0.718. The Kier molecular flexibility index (Phi) is 22.5. The SMILES string of the molecule is CC12CCC(C(=O)OCCCC(F)(F)SOO[O-])(OC1=O)C2(C)C.O=C(C[S+]1CCCC1)c1ccc2ccccc2c1.O=C(C[S+]1CCCC1)c1ccc2ccccc2c1.O=C(OCCCC(F)(F)SOO[O-])C12CC3CC(CC(C3)C1)C2. The van der Waals surface area contributed by atoms with E-state index in [1.54, 1.807) is 20.8 Å². The number of carbonyl (C=O) groups excluding carboxylic acids is 5. The Hall–Kier alpha value is -3.97. The molecule has 3 aliphatic heterocycles. The third-order valence-electron chi connectivity index (χ3n) is 18.0. The van der Waals surface area contributed by atoms with E-state index in [1.165, 1.54) is 78.7 Å². The fraction of sp³-hybridized carbons (Fsp3) is 0.590. The molecule has 22 heteroatoms. The van der Waals surface area contributed by atoms with E-state index in [0.29, 0.717) is 64.0 Å². The Bertz CT molecular complexity index is 2740. The summed E-state index contributed by atoms with van der Waals surface area (Å²) < 4.78 is 75.9. The number of rotatable bonds is 22.